The number of rotatable bonds is 3. The average molecular weight is 156 g/mol. The number of aliphatic hydroxyl groups is 1. The van der Waals surface area contributed by atoms with Crippen molar-refractivity contribution in [1.29, 1.82) is 0 Å². The molecule has 1 heterocycles. The zero-order valence-electron chi connectivity index (χ0n) is 6.65. The van der Waals surface area contributed by atoms with Gasteiger partial charge in [-0.15, -0.1) is 0 Å². The minimum absolute atomic E-state index is 0.499. The van der Waals surface area contributed by atoms with E-state index in [1.807, 2.05) is 0 Å². The summed E-state index contributed by atoms with van der Waals surface area (Å²) in [5.41, 5.74) is 0.599. The highest BCUT2D eigenvalue weighted by atomic mass is 16.3. The van der Waals surface area contributed by atoms with E-state index in [1.165, 1.54) is 4.80 Å². The molecule has 1 aromatic heterocycles. The van der Waals surface area contributed by atoms with Gasteiger partial charge in [-0.25, -0.2) is 0 Å². The average Bonchev–Trinajstić information content (AvgIpc) is 2.36. The lowest BCUT2D eigenvalue weighted by atomic mass is 10.3. The first kappa shape index (κ1) is 8.16. The van der Waals surface area contributed by atoms with Crippen LogP contribution in [0.4, 0.5) is 0 Å². The molecule has 1 atom stereocenters. The van der Waals surface area contributed by atoms with Crippen LogP contribution in [0.15, 0.2) is 6.20 Å². The highest BCUT2D eigenvalue weighted by Crippen LogP contribution is 2.04. The lowest BCUT2D eigenvalue weighted by Crippen LogP contribution is -2.17. The first-order chi connectivity index (χ1) is 5.24. The van der Waals surface area contributed by atoms with E-state index < -0.39 is 6.10 Å². The molecular formula is C6H12N4O. The Labute approximate surface area is 65.0 Å². The Bertz CT molecular complexity index is 222. The number of aryl methyl sites for hydroxylation is 1. The normalized spacial score (nSPS) is 13.4. The quantitative estimate of drug-likeness (QED) is 0.593. The molecule has 0 aliphatic rings. The fourth-order valence-corrected chi connectivity index (χ4v) is 0.812. The molecule has 0 aliphatic heterocycles. The molecule has 5 nitrogen and oxygen atoms in total. The molecule has 2 N–H and O–H groups in total. The van der Waals surface area contributed by atoms with E-state index in [1.54, 1.807) is 20.3 Å². The van der Waals surface area contributed by atoms with Gasteiger partial charge in [0.05, 0.1) is 6.20 Å². The van der Waals surface area contributed by atoms with E-state index in [9.17, 15) is 5.11 Å². The van der Waals surface area contributed by atoms with Gasteiger partial charge in [0, 0.05) is 13.6 Å². The maximum absolute atomic E-state index is 9.36. The molecule has 0 aliphatic carbocycles. The summed E-state index contributed by atoms with van der Waals surface area (Å²) < 4.78 is 0. The molecule has 0 bridgehead atoms. The van der Waals surface area contributed by atoms with Gasteiger partial charge in [0.2, 0.25) is 0 Å². The van der Waals surface area contributed by atoms with Crippen LogP contribution >= 0.6 is 0 Å². The molecule has 1 unspecified atom stereocenters. The first-order valence-corrected chi connectivity index (χ1v) is 3.43. The molecule has 0 amide bonds. The Morgan fingerprint density at radius 3 is 3.00 bits per heavy atom. The Morgan fingerprint density at radius 2 is 2.55 bits per heavy atom. The summed E-state index contributed by atoms with van der Waals surface area (Å²) in [6.07, 6.45) is 0.996. The van der Waals surface area contributed by atoms with E-state index in [0.29, 0.717) is 12.2 Å². The predicted octanol–water partition coefficient (Wildman–Crippen LogP) is -0.932. The molecular weight excluding hydrogens is 144 g/mol. The van der Waals surface area contributed by atoms with Gasteiger partial charge in [-0.2, -0.15) is 15.0 Å². The largest absolute Gasteiger partial charge is 0.385 e. The van der Waals surface area contributed by atoms with Crippen molar-refractivity contribution in [1.82, 2.24) is 20.3 Å². The van der Waals surface area contributed by atoms with Crippen LogP contribution in [-0.2, 0) is 7.05 Å². The molecule has 0 saturated carbocycles. The van der Waals surface area contributed by atoms with E-state index in [-0.39, 0.29) is 0 Å². The number of likely N-dealkylation sites (N-methyl/N-ethyl adjacent to an activating group) is 1. The van der Waals surface area contributed by atoms with Crippen molar-refractivity contribution in [3.05, 3.63) is 11.9 Å². The lowest BCUT2D eigenvalue weighted by molar-refractivity contribution is 0.172. The second kappa shape index (κ2) is 3.45. The molecule has 62 valence electrons. The summed E-state index contributed by atoms with van der Waals surface area (Å²) in [6, 6.07) is 0. The molecule has 0 spiro atoms. The number of hydrogen-bond acceptors (Lipinski definition) is 4. The monoisotopic (exact) mass is 156 g/mol. The summed E-state index contributed by atoms with van der Waals surface area (Å²) in [4.78, 5) is 1.42. The van der Waals surface area contributed by atoms with Crippen LogP contribution in [0.2, 0.25) is 0 Å². The Balaban J connectivity index is 2.60. The standard InChI is InChI=1S/C6H12N4O/c1-7-4-6(11)5-3-8-10(2)9-5/h3,6-7,11H,4H2,1-2H3. The SMILES string of the molecule is CNCC(O)c1cnn(C)n1. The zero-order chi connectivity index (χ0) is 8.27. The number of nitrogens with one attached hydrogen (secondary N) is 1. The number of aliphatic hydroxyl groups excluding tert-OH is 1. The Hall–Kier alpha value is -0.940. The van der Waals surface area contributed by atoms with Crippen molar-refractivity contribution < 1.29 is 5.11 Å². The molecule has 1 aromatic rings. The lowest BCUT2D eigenvalue weighted by Gasteiger charge is -2.03. The summed E-state index contributed by atoms with van der Waals surface area (Å²) in [7, 11) is 3.50. The maximum Gasteiger partial charge on any atom is 0.112 e. The van der Waals surface area contributed by atoms with Gasteiger partial charge in [-0.05, 0) is 7.05 Å². The summed E-state index contributed by atoms with van der Waals surface area (Å²) >= 11 is 0. The zero-order valence-corrected chi connectivity index (χ0v) is 6.65. The van der Waals surface area contributed by atoms with Gasteiger partial charge < -0.3 is 10.4 Å². The summed E-state index contributed by atoms with van der Waals surface area (Å²) in [5.74, 6) is 0. The van der Waals surface area contributed by atoms with Crippen molar-refractivity contribution in [2.75, 3.05) is 13.6 Å². The van der Waals surface area contributed by atoms with Crippen molar-refractivity contribution >= 4 is 0 Å². The van der Waals surface area contributed by atoms with Gasteiger partial charge in [0.1, 0.15) is 11.8 Å². The van der Waals surface area contributed by atoms with Crippen molar-refractivity contribution in [2.24, 2.45) is 7.05 Å². The summed E-state index contributed by atoms with van der Waals surface area (Å²) in [6.45, 7) is 0.499. The van der Waals surface area contributed by atoms with Crippen LogP contribution in [0.5, 0.6) is 0 Å². The number of nitrogens with zero attached hydrogens (tertiary/aromatic N) is 3. The fourth-order valence-electron chi connectivity index (χ4n) is 0.812. The molecule has 11 heavy (non-hydrogen) atoms. The van der Waals surface area contributed by atoms with Crippen LogP contribution in [0.3, 0.4) is 0 Å². The molecule has 0 radical (unpaired) electrons. The highest BCUT2D eigenvalue weighted by Gasteiger charge is 2.08. The molecule has 0 saturated heterocycles. The van der Waals surface area contributed by atoms with Crippen molar-refractivity contribution in [3.63, 3.8) is 0 Å². The number of hydrogen-bond donors (Lipinski definition) is 2. The van der Waals surface area contributed by atoms with Crippen molar-refractivity contribution in [3.8, 4) is 0 Å². The fraction of sp³-hybridized carbons (Fsp3) is 0.667. The second-order valence-corrected chi connectivity index (χ2v) is 2.33. The highest BCUT2D eigenvalue weighted by molar-refractivity contribution is 4.96. The van der Waals surface area contributed by atoms with Crippen LogP contribution in [-0.4, -0.2) is 33.7 Å². The van der Waals surface area contributed by atoms with Crippen molar-refractivity contribution in [2.45, 2.75) is 6.10 Å². The Morgan fingerprint density at radius 1 is 1.82 bits per heavy atom. The van der Waals surface area contributed by atoms with Gasteiger partial charge in [0.25, 0.3) is 0 Å². The van der Waals surface area contributed by atoms with Crippen LogP contribution in [0, 0.1) is 0 Å². The van der Waals surface area contributed by atoms with E-state index in [0.717, 1.165) is 0 Å². The van der Waals surface area contributed by atoms with Crippen LogP contribution in [0.25, 0.3) is 0 Å². The Kier molecular flexibility index (Phi) is 2.56. The first-order valence-electron chi connectivity index (χ1n) is 3.43. The van der Waals surface area contributed by atoms with Gasteiger partial charge in [-0.3, -0.25) is 0 Å². The molecule has 0 fully saturated rings. The predicted molar refractivity (Wildman–Crippen MR) is 39.9 cm³/mol. The minimum Gasteiger partial charge on any atom is -0.385 e. The topological polar surface area (TPSA) is 63.0 Å². The maximum atomic E-state index is 9.36. The molecule has 5 heteroatoms. The van der Waals surface area contributed by atoms with E-state index in [2.05, 4.69) is 15.5 Å². The number of aromatic nitrogens is 3. The minimum atomic E-state index is -0.561. The molecule has 0 aromatic carbocycles. The van der Waals surface area contributed by atoms with E-state index >= 15 is 0 Å². The van der Waals surface area contributed by atoms with Gasteiger partial charge in [0.15, 0.2) is 0 Å². The van der Waals surface area contributed by atoms with Crippen LogP contribution < -0.4 is 5.32 Å². The third-order valence-electron chi connectivity index (χ3n) is 1.36. The third kappa shape index (κ3) is 1.99. The van der Waals surface area contributed by atoms with Gasteiger partial charge in [-0.1, -0.05) is 0 Å². The molecule has 1 rings (SSSR count). The second-order valence-electron chi connectivity index (χ2n) is 2.33. The van der Waals surface area contributed by atoms with Gasteiger partial charge >= 0.3 is 0 Å². The third-order valence-corrected chi connectivity index (χ3v) is 1.36. The smallest absolute Gasteiger partial charge is 0.112 e. The van der Waals surface area contributed by atoms with E-state index in [4.69, 9.17) is 0 Å². The van der Waals surface area contributed by atoms with Crippen LogP contribution in [0.1, 0.15) is 11.8 Å². The summed E-state index contributed by atoms with van der Waals surface area (Å²) in [5, 5.41) is 20.0.